The summed E-state index contributed by atoms with van der Waals surface area (Å²) < 4.78 is 13.1. The number of urea groups is 1. The molecular weight excluding hydrogens is 295 g/mol. The van der Waals surface area contributed by atoms with E-state index in [0.29, 0.717) is 17.7 Å². The predicted molar refractivity (Wildman–Crippen MR) is 86.7 cm³/mol. The maximum atomic E-state index is 13.1. The van der Waals surface area contributed by atoms with Crippen LogP contribution in [0.5, 0.6) is 0 Å². The van der Waals surface area contributed by atoms with Crippen LogP contribution in [-0.2, 0) is 6.54 Å². The number of amides is 2. The second kappa shape index (κ2) is 6.04. The van der Waals surface area contributed by atoms with E-state index in [9.17, 15) is 14.0 Å². The van der Waals surface area contributed by atoms with Crippen molar-refractivity contribution in [3.63, 3.8) is 0 Å². The van der Waals surface area contributed by atoms with E-state index in [4.69, 9.17) is 0 Å². The minimum atomic E-state index is -0.341. The van der Waals surface area contributed by atoms with Crippen LogP contribution in [0.15, 0.2) is 48.5 Å². The molecule has 0 aliphatic carbocycles. The topological polar surface area (TPSA) is 49.4 Å². The van der Waals surface area contributed by atoms with Gasteiger partial charge in [-0.1, -0.05) is 18.2 Å². The van der Waals surface area contributed by atoms with E-state index < -0.39 is 0 Å². The summed E-state index contributed by atoms with van der Waals surface area (Å²) >= 11 is 0. The van der Waals surface area contributed by atoms with E-state index in [1.54, 1.807) is 48.4 Å². The van der Waals surface area contributed by atoms with Crippen LogP contribution in [0.1, 0.15) is 21.5 Å². The van der Waals surface area contributed by atoms with Gasteiger partial charge in [-0.3, -0.25) is 4.79 Å². The standard InChI is InChI=1S/C18H15FN2O2/c1-21-11-14-10-13(6-7-16(14)20-18(21)23)17(22)8-5-12-3-2-4-15(19)9-12/h2-10H,11H2,1H3,(H,20,23)/b8-5+. The fourth-order valence-electron chi connectivity index (χ4n) is 2.42. The number of carbonyl (C=O) groups excluding carboxylic acids is 2. The van der Waals surface area contributed by atoms with Crippen molar-refractivity contribution < 1.29 is 14.0 Å². The molecule has 2 aromatic rings. The first-order chi connectivity index (χ1) is 11.0. The molecule has 1 aliphatic heterocycles. The Kier molecular flexibility index (Phi) is 3.93. The summed E-state index contributed by atoms with van der Waals surface area (Å²) in [4.78, 5) is 25.4. The smallest absolute Gasteiger partial charge is 0.321 e. The molecule has 0 fully saturated rings. The number of nitrogens with zero attached hydrogens (tertiary/aromatic N) is 1. The molecule has 2 aromatic carbocycles. The normalized spacial score (nSPS) is 13.8. The molecule has 0 aromatic heterocycles. The van der Waals surface area contributed by atoms with Crippen LogP contribution in [0.4, 0.5) is 14.9 Å². The van der Waals surface area contributed by atoms with E-state index in [1.807, 2.05) is 0 Å². The first-order valence-electron chi connectivity index (χ1n) is 7.16. The molecule has 0 saturated heterocycles. The third-order valence-electron chi connectivity index (χ3n) is 3.66. The fraction of sp³-hybridized carbons (Fsp3) is 0.111. The van der Waals surface area contributed by atoms with Crippen molar-refractivity contribution in [2.24, 2.45) is 0 Å². The van der Waals surface area contributed by atoms with Crippen molar-refractivity contribution in [1.82, 2.24) is 4.90 Å². The monoisotopic (exact) mass is 310 g/mol. The summed E-state index contributed by atoms with van der Waals surface area (Å²) in [5.74, 6) is -0.510. The van der Waals surface area contributed by atoms with Gasteiger partial charge in [0.15, 0.2) is 5.78 Å². The van der Waals surface area contributed by atoms with E-state index in [2.05, 4.69) is 5.32 Å². The molecule has 0 atom stereocenters. The Hall–Kier alpha value is -2.95. The van der Waals surface area contributed by atoms with Gasteiger partial charge in [-0.2, -0.15) is 0 Å². The molecular formula is C18H15FN2O2. The lowest BCUT2D eigenvalue weighted by molar-refractivity contribution is 0.104. The quantitative estimate of drug-likeness (QED) is 0.694. The number of halogens is 1. The van der Waals surface area contributed by atoms with E-state index in [0.717, 1.165) is 11.3 Å². The second-order valence-electron chi connectivity index (χ2n) is 5.41. The van der Waals surface area contributed by atoms with Gasteiger partial charge in [0.2, 0.25) is 0 Å². The van der Waals surface area contributed by atoms with Gasteiger partial charge in [-0.05, 0) is 47.5 Å². The summed E-state index contributed by atoms with van der Waals surface area (Å²) in [7, 11) is 1.69. The lowest BCUT2D eigenvalue weighted by Gasteiger charge is -2.26. The Morgan fingerprint density at radius 2 is 2.09 bits per heavy atom. The van der Waals surface area contributed by atoms with Crippen molar-refractivity contribution in [3.05, 3.63) is 71.0 Å². The zero-order chi connectivity index (χ0) is 16.4. The highest BCUT2D eigenvalue weighted by molar-refractivity contribution is 6.07. The lowest BCUT2D eigenvalue weighted by Crippen LogP contribution is -2.35. The zero-order valence-electron chi connectivity index (χ0n) is 12.5. The number of carbonyl (C=O) groups is 2. The van der Waals surface area contributed by atoms with Crippen molar-refractivity contribution in [2.45, 2.75) is 6.54 Å². The molecule has 4 nitrogen and oxygen atoms in total. The van der Waals surface area contributed by atoms with Crippen LogP contribution >= 0.6 is 0 Å². The highest BCUT2D eigenvalue weighted by Gasteiger charge is 2.19. The molecule has 0 unspecified atom stereocenters. The van der Waals surface area contributed by atoms with E-state index in [-0.39, 0.29) is 17.6 Å². The molecule has 5 heteroatoms. The SMILES string of the molecule is CN1Cc2cc(C(=O)/C=C/c3cccc(F)c3)ccc2NC1=O. The third-order valence-corrected chi connectivity index (χ3v) is 3.66. The highest BCUT2D eigenvalue weighted by Crippen LogP contribution is 2.24. The van der Waals surface area contributed by atoms with Gasteiger partial charge < -0.3 is 10.2 Å². The van der Waals surface area contributed by atoms with Crippen LogP contribution < -0.4 is 5.32 Å². The average Bonchev–Trinajstić information content (AvgIpc) is 2.53. The molecule has 0 radical (unpaired) electrons. The Labute approximate surface area is 133 Å². The summed E-state index contributed by atoms with van der Waals surface area (Å²) in [6, 6.07) is 11.0. The maximum Gasteiger partial charge on any atom is 0.321 e. The number of rotatable bonds is 3. The summed E-state index contributed by atoms with van der Waals surface area (Å²) in [5, 5.41) is 2.76. The Morgan fingerprint density at radius 1 is 1.26 bits per heavy atom. The largest absolute Gasteiger partial charge is 0.323 e. The first kappa shape index (κ1) is 15.0. The highest BCUT2D eigenvalue weighted by atomic mass is 19.1. The molecule has 23 heavy (non-hydrogen) atoms. The summed E-state index contributed by atoms with van der Waals surface area (Å²) in [6.45, 7) is 0.454. The average molecular weight is 310 g/mol. The fourth-order valence-corrected chi connectivity index (χ4v) is 2.42. The molecule has 2 amide bonds. The number of allylic oxidation sites excluding steroid dienone is 1. The van der Waals surface area contributed by atoms with Crippen molar-refractivity contribution in [3.8, 4) is 0 Å². The molecule has 1 aliphatic rings. The van der Waals surface area contributed by atoms with Gasteiger partial charge in [-0.15, -0.1) is 0 Å². The van der Waals surface area contributed by atoms with Crippen molar-refractivity contribution in [2.75, 3.05) is 12.4 Å². The van der Waals surface area contributed by atoms with Crippen molar-refractivity contribution in [1.29, 1.82) is 0 Å². The molecule has 1 heterocycles. The van der Waals surface area contributed by atoms with Crippen molar-refractivity contribution >= 4 is 23.6 Å². The van der Waals surface area contributed by atoms with Crippen LogP contribution in [0.2, 0.25) is 0 Å². The minimum Gasteiger partial charge on any atom is -0.323 e. The summed E-state index contributed by atoms with van der Waals surface area (Å²) in [6.07, 6.45) is 3.00. The van der Waals surface area contributed by atoms with Gasteiger partial charge >= 0.3 is 6.03 Å². The molecule has 0 spiro atoms. The molecule has 0 bridgehead atoms. The van der Waals surface area contributed by atoms with Gasteiger partial charge in [0.1, 0.15) is 5.82 Å². The van der Waals surface area contributed by atoms with Crippen LogP contribution in [0.25, 0.3) is 6.08 Å². The Bertz CT molecular complexity index is 814. The van der Waals surface area contributed by atoms with Crippen LogP contribution in [-0.4, -0.2) is 23.8 Å². The minimum absolute atomic E-state index is 0.164. The molecule has 0 saturated carbocycles. The Balaban J connectivity index is 1.81. The van der Waals surface area contributed by atoms with E-state index >= 15 is 0 Å². The lowest BCUT2D eigenvalue weighted by atomic mass is 10.0. The molecule has 3 rings (SSSR count). The number of nitrogens with one attached hydrogen (secondary N) is 1. The van der Waals surface area contributed by atoms with Crippen LogP contribution in [0.3, 0.4) is 0 Å². The van der Waals surface area contributed by atoms with Gasteiger partial charge in [-0.25, -0.2) is 9.18 Å². The Morgan fingerprint density at radius 3 is 2.87 bits per heavy atom. The summed E-state index contributed by atoms with van der Waals surface area (Å²) in [5.41, 5.74) is 2.76. The number of hydrogen-bond donors (Lipinski definition) is 1. The van der Waals surface area contributed by atoms with Crippen LogP contribution in [0, 0.1) is 5.82 Å². The number of benzene rings is 2. The molecule has 116 valence electrons. The third kappa shape index (κ3) is 3.29. The number of hydrogen-bond acceptors (Lipinski definition) is 2. The van der Waals surface area contributed by atoms with Gasteiger partial charge in [0, 0.05) is 24.8 Å². The number of anilines is 1. The number of fused-ring (bicyclic) bond motifs is 1. The second-order valence-corrected chi connectivity index (χ2v) is 5.41. The maximum absolute atomic E-state index is 13.1. The van der Waals surface area contributed by atoms with Gasteiger partial charge in [0.25, 0.3) is 0 Å². The van der Waals surface area contributed by atoms with Gasteiger partial charge in [0.05, 0.1) is 0 Å². The van der Waals surface area contributed by atoms with E-state index in [1.165, 1.54) is 18.2 Å². The molecule has 1 N–H and O–H groups in total. The zero-order valence-corrected chi connectivity index (χ0v) is 12.5. The first-order valence-corrected chi connectivity index (χ1v) is 7.16. The predicted octanol–water partition coefficient (Wildman–Crippen LogP) is 3.70. The number of ketones is 1.